The number of rotatable bonds is 5. The molecule has 0 atom stereocenters. The van der Waals surface area contributed by atoms with Crippen molar-refractivity contribution in [2.75, 3.05) is 13.2 Å². The van der Waals surface area contributed by atoms with Crippen molar-refractivity contribution in [2.24, 2.45) is 5.73 Å². The van der Waals surface area contributed by atoms with Gasteiger partial charge in [-0.2, -0.15) is 0 Å². The second-order valence-corrected chi connectivity index (χ2v) is 3.14. The fraction of sp³-hybridized carbons (Fsp3) is 0.300. The maximum atomic E-state index is 11.3. The van der Waals surface area contributed by atoms with Crippen LogP contribution in [0.1, 0.15) is 6.42 Å². The summed E-state index contributed by atoms with van der Waals surface area (Å²) in [6.07, 6.45) is 0.0440. The Balaban J connectivity index is 2.51. The van der Waals surface area contributed by atoms with Gasteiger partial charge in [-0.1, -0.05) is 0 Å². The molecule has 0 aromatic carbocycles. The number of primary amides is 1. The molecule has 0 radical (unpaired) electrons. The lowest BCUT2D eigenvalue weighted by atomic mass is 10.4. The van der Waals surface area contributed by atoms with Crippen molar-refractivity contribution in [2.45, 2.75) is 6.42 Å². The van der Waals surface area contributed by atoms with Gasteiger partial charge in [0.2, 0.25) is 5.88 Å². The lowest BCUT2D eigenvalue weighted by Crippen LogP contribution is -2.28. The highest BCUT2D eigenvalue weighted by molar-refractivity contribution is 5.70. The minimum atomic E-state index is -1.01. The Morgan fingerprint density at radius 3 is 2.89 bits per heavy atom. The molecule has 98 valence electrons. The third-order valence-electron chi connectivity index (χ3n) is 1.73. The molecular weight excluding hydrogens is 242 g/mol. The van der Waals surface area contributed by atoms with Gasteiger partial charge in [0.25, 0.3) is 0 Å². The van der Waals surface area contributed by atoms with Crippen LogP contribution in [0.2, 0.25) is 0 Å². The summed E-state index contributed by atoms with van der Waals surface area (Å²) in [5.41, 5.74) is 4.81. The van der Waals surface area contributed by atoms with Gasteiger partial charge in [-0.05, 0) is 12.5 Å². The molecule has 1 rings (SSSR count). The van der Waals surface area contributed by atoms with Crippen LogP contribution in [0.15, 0.2) is 18.3 Å². The van der Waals surface area contributed by atoms with Crippen LogP contribution in [-0.2, 0) is 0 Å². The topological polar surface area (TPSA) is 124 Å². The Hall–Kier alpha value is -2.35. The molecule has 8 nitrogen and oxygen atoms in total. The van der Waals surface area contributed by atoms with Gasteiger partial charge in [-0.25, -0.2) is 14.6 Å². The van der Waals surface area contributed by atoms with Crippen LogP contribution >= 0.6 is 0 Å². The fourth-order valence-electron chi connectivity index (χ4n) is 1.03. The first-order chi connectivity index (χ1) is 8.61. The summed E-state index contributed by atoms with van der Waals surface area (Å²) >= 11 is 0. The zero-order chi connectivity index (χ0) is 13.4. The van der Waals surface area contributed by atoms with Gasteiger partial charge < -0.3 is 25.6 Å². The molecule has 0 aliphatic carbocycles. The Kier molecular flexibility index (Phi) is 5.39. The normalized spacial score (nSPS) is 9.61. The summed E-state index contributed by atoms with van der Waals surface area (Å²) in [6.45, 7) is 0.275. The summed E-state index contributed by atoms with van der Waals surface area (Å²) in [6, 6.07) is 2.66. The number of nitrogens with two attached hydrogens (primary N) is 1. The predicted molar refractivity (Wildman–Crippen MR) is 60.2 cm³/mol. The third kappa shape index (κ3) is 5.12. The monoisotopic (exact) mass is 255 g/mol. The Labute approximate surface area is 103 Å². The Morgan fingerprint density at radius 1 is 1.44 bits per heavy atom. The first-order valence-corrected chi connectivity index (χ1v) is 5.11. The number of nitrogens with zero attached hydrogens (tertiary/aromatic N) is 1. The highest BCUT2D eigenvalue weighted by Crippen LogP contribution is 2.16. The van der Waals surface area contributed by atoms with E-state index in [1.165, 1.54) is 18.3 Å². The van der Waals surface area contributed by atoms with Crippen LogP contribution in [0.25, 0.3) is 0 Å². The van der Waals surface area contributed by atoms with Crippen LogP contribution in [0.4, 0.5) is 9.59 Å². The molecule has 1 aromatic heterocycles. The number of hydrogen-bond acceptors (Lipinski definition) is 6. The molecule has 0 fully saturated rings. The van der Waals surface area contributed by atoms with Crippen LogP contribution in [0.3, 0.4) is 0 Å². The number of carbonyl (C=O) groups is 2. The van der Waals surface area contributed by atoms with Crippen molar-refractivity contribution in [3.05, 3.63) is 18.3 Å². The van der Waals surface area contributed by atoms with Crippen LogP contribution in [0.5, 0.6) is 11.6 Å². The van der Waals surface area contributed by atoms with E-state index in [2.05, 4.69) is 15.0 Å². The summed E-state index contributed by atoms with van der Waals surface area (Å²) in [5.74, 6) is 0.0888. The zero-order valence-electron chi connectivity index (χ0n) is 9.46. The van der Waals surface area contributed by atoms with Gasteiger partial charge in [0.1, 0.15) is 5.75 Å². The Bertz CT molecular complexity index is 424. The first kappa shape index (κ1) is 13.7. The molecule has 0 saturated carbocycles. The van der Waals surface area contributed by atoms with E-state index in [-0.39, 0.29) is 18.2 Å². The molecule has 0 bridgehead atoms. The van der Waals surface area contributed by atoms with Crippen molar-refractivity contribution in [3.8, 4) is 11.6 Å². The molecule has 4 N–H and O–H groups in total. The van der Waals surface area contributed by atoms with Crippen molar-refractivity contribution >= 4 is 12.2 Å². The standard InChI is InChI=1S/C10H13N3O5/c11-9(15)18-8-6-7(2-4-12-8)17-10(16)13-3-1-5-14/h2,4,6,14H,1,3,5H2,(H2,11,15)(H,13,16). The summed E-state index contributed by atoms with van der Waals surface area (Å²) < 4.78 is 9.40. The summed E-state index contributed by atoms with van der Waals surface area (Å²) in [5, 5.41) is 10.9. The van der Waals surface area contributed by atoms with E-state index >= 15 is 0 Å². The number of aliphatic hydroxyl groups excluding tert-OH is 1. The number of amides is 2. The maximum Gasteiger partial charge on any atom is 0.412 e. The molecule has 0 aliphatic rings. The van der Waals surface area contributed by atoms with Gasteiger partial charge in [-0.15, -0.1) is 0 Å². The Morgan fingerprint density at radius 2 is 2.22 bits per heavy atom. The molecule has 2 amide bonds. The largest absolute Gasteiger partial charge is 0.412 e. The van der Waals surface area contributed by atoms with E-state index < -0.39 is 12.2 Å². The second-order valence-electron chi connectivity index (χ2n) is 3.14. The number of carbonyl (C=O) groups excluding carboxylic acids is 2. The van der Waals surface area contributed by atoms with E-state index in [4.69, 9.17) is 15.6 Å². The van der Waals surface area contributed by atoms with Crippen LogP contribution < -0.4 is 20.5 Å². The number of hydrogen-bond donors (Lipinski definition) is 3. The molecule has 0 spiro atoms. The zero-order valence-corrected chi connectivity index (χ0v) is 9.46. The van der Waals surface area contributed by atoms with E-state index in [1.54, 1.807) is 0 Å². The predicted octanol–water partition coefficient (Wildman–Crippen LogP) is 0.00990. The fourth-order valence-corrected chi connectivity index (χ4v) is 1.03. The quantitative estimate of drug-likeness (QED) is 0.636. The molecule has 0 unspecified atom stereocenters. The minimum Gasteiger partial charge on any atom is -0.410 e. The number of nitrogens with one attached hydrogen (secondary N) is 1. The molecule has 0 saturated heterocycles. The average molecular weight is 255 g/mol. The minimum absolute atomic E-state index is 0.0217. The van der Waals surface area contributed by atoms with Gasteiger partial charge in [0.15, 0.2) is 0 Å². The van der Waals surface area contributed by atoms with E-state index in [0.29, 0.717) is 13.0 Å². The van der Waals surface area contributed by atoms with Crippen molar-refractivity contribution < 1.29 is 24.2 Å². The number of ether oxygens (including phenoxy) is 2. The number of aromatic nitrogens is 1. The molecule has 1 heterocycles. The molecule has 18 heavy (non-hydrogen) atoms. The van der Waals surface area contributed by atoms with Crippen LogP contribution in [0, 0.1) is 0 Å². The number of aliphatic hydroxyl groups is 1. The first-order valence-electron chi connectivity index (χ1n) is 5.11. The SMILES string of the molecule is NC(=O)Oc1cc(OC(=O)NCCCO)ccn1. The van der Waals surface area contributed by atoms with Crippen LogP contribution in [-0.4, -0.2) is 35.4 Å². The van der Waals surface area contributed by atoms with Gasteiger partial charge in [0, 0.05) is 25.4 Å². The van der Waals surface area contributed by atoms with Gasteiger partial charge >= 0.3 is 12.2 Å². The third-order valence-corrected chi connectivity index (χ3v) is 1.73. The molecular formula is C10H13N3O5. The lowest BCUT2D eigenvalue weighted by molar-refractivity contribution is 0.198. The van der Waals surface area contributed by atoms with Gasteiger partial charge in [0.05, 0.1) is 0 Å². The molecule has 1 aromatic rings. The average Bonchev–Trinajstić information content (AvgIpc) is 2.28. The smallest absolute Gasteiger partial charge is 0.410 e. The summed E-state index contributed by atoms with van der Waals surface area (Å²) in [4.78, 5) is 25.4. The highest BCUT2D eigenvalue weighted by Gasteiger charge is 2.06. The lowest BCUT2D eigenvalue weighted by Gasteiger charge is -2.06. The van der Waals surface area contributed by atoms with Gasteiger partial charge in [-0.3, -0.25) is 0 Å². The highest BCUT2D eigenvalue weighted by atomic mass is 16.6. The van der Waals surface area contributed by atoms with E-state index in [1.807, 2.05) is 0 Å². The molecule has 8 heteroatoms. The maximum absolute atomic E-state index is 11.3. The van der Waals surface area contributed by atoms with E-state index in [9.17, 15) is 9.59 Å². The number of pyridine rings is 1. The van der Waals surface area contributed by atoms with Crippen molar-refractivity contribution in [1.29, 1.82) is 0 Å². The molecule has 0 aliphatic heterocycles. The van der Waals surface area contributed by atoms with Crippen molar-refractivity contribution in [3.63, 3.8) is 0 Å². The van der Waals surface area contributed by atoms with Crippen molar-refractivity contribution in [1.82, 2.24) is 10.3 Å². The summed E-state index contributed by atoms with van der Waals surface area (Å²) in [7, 11) is 0. The second kappa shape index (κ2) is 7.07. The van der Waals surface area contributed by atoms with E-state index in [0.717, 1.165) is 0 Å².